The van der Waals surface area contributed by atoms with Crippen LogP contribution in [-0.2, 0) is 40.4 Å². The molecule has 2 atom stereocenters. The predicted octanol–water partition coefficient (Wildman–Crippen LogP) is 4.10. The van der Waals surface area contributed by atoms with E-state index in [-0.39, 0.29) is 18.7 Å². The Morgan fingerprint density at radius 1 is 0.619 bits per heavy atom. The zero-order valence-electron chi connectivity index (χ0n) is 23.5. The van der Waals surface area contributed by atoms with E-state index in [2.05, 4.69) is 10.6 Å². The molecule has 0 unspecified atom stereocenters. The van der Waals surface area contributed by atoms with Crippen LogP contribution in [0.1, 0.15) is 29.2 Å². The Morgan fingerprint density at radius 3 is 1.64 bits per heavy atom. The number of nitrogens with two attached hydrogens (primary N) is 1. The van der Waals surface area contributed by atoms with Crippen molar-refractivity contribution in [2.45, 2.75) is 45.1 Å². The highest BCUT2D eigenvalue weighted by molar-refractivity contribution is 5.91. The summed E-state index contributed by atoms with van der Waals surface area (Å²) in [5.41, 5.74) is 9.29. The van der Waals surface area contributed by atoms with Gasteiger partial charge in [-0.25, -0.2) is 0 Å². The van der Waals surface area contributed by atoms with E-state index in [0.29, 0.717) is 30.3 Å². The monoisotopic (exact) mass is 565 g/mol. The Labute approximate surface area is 245 Å². The minimum atomic E-state index is -1.01. The van der Waals surface area contributed by atoms with Crippen molar-refractivity contribution < 1.29 is 23.9 Å². The Kier molecular flexibility index (Phi) is 10.7. The first-order valence-corrected chi connectivity index (χ1v) is 13.7. The van der Waals surface area contributed by atoms with Gasteiger partial charge in [-0.1, -0.05) is 97.1 Å². The smallest absolute Gasteiger partial charge is 0.243 e. The summed E-state index contributed by atoms with van der Waals surface area (Å²) in [5.74, 6) is -0.496. The molecule has 0 fully saturated rings. The van der Waals surface area contributed by atoms with Crippen molar-refractivity contribution in [3.8, 4) is 11.5 Å². The van der Waals surface area contributed by atoms with E-state index < -0.39 is 23.9 Å². The van der Waals surface area contributed by atoms with Crippen molar-refractivity contribution in [3.05, 3.63) is 131 Å². The van der Waals surface area contributed by atoms with Crippen LogP contribution in [0.4, 0.5) is 0 Å². The number of benzene rings is 4. The Hall–Kier alpha value is -5.11. The third kappa shape index (κ3) is 9.23. The highest BCUT2D eigenvalue weighted by Crippen LogP contribution is 2.30. The molecule has 0 aliphatic rings. The van der Waals surface area contributed by atoms with Gasteiger partial charge in [0.25, 0.3) is 0 Å². The van der Waals surface area contributed by atoms with Gasteiger partial charge in [0.15, 0.2) is 11.5 Å². The number of primary amides is 1. The summed E-state index contributed by atoms with van der Waals surface area (Å²) in [6.07, 6.45) is 0.391. The van der Waals surface area contributed by atoms with E-state index in [9.17, 15) is 14.4 Å². The van der Waals surface area contributed by atoms with Gasteiger partial charge in [0.2, 0.25) is 17.7 Å². The minimum Gasteiger partial charge on any atom is -0.485 e. The fraction of sp³-hybridized carbons (Fsp3) is 0.206. The van der Waals surface area contributed by atoms with Gasteiger partial charge in [0, 0.05) is 19.8 Å². The highest BCUT2D eigenvalue weighted by Gasteiger charge is 2.26. The van der Waals surface area contributed by atoms with E-state index >= 15 is 0 Å². The highest BCUT2D eigenvalue weighted by atomic mass is 16.5. The summed E-state index contributed by atoms with van der Waals surface area (Å²) in [6.45, 7) is 2.02. The first kappa shape index (κ1) is 29.9. The van der Waals surface area contributed by atoms with E-state index in [1.807, 2.05) is 97.1 Å². The van der Waals surface area contributed by atoms with Crippen LogP contribution in [0.2, 0.25) is 0 Å². The molecule has 4 N–H and O–H groups in total. The van der Waals surface area contributed by atoms with Gasteiger partial charge in [-0.15, -0.1) is 0 Å². The number of carbonyl (C=O) groups excluding carboxylic acids is 3. The Morgan fingerprint density at radius 2 is 1.12 bits per heavy atom. The van der Waals surface area contributed by atoms with Gasteiger partial charge in [-0.3, -0.25) is 14.4 Å². The molecule has 4 aromatic carbocycles. The molecular formula is C34H35N3O5. The zero-order valence-corrected chi connectivity index (χ0v) is 23.5. The summed E-state index contributed by atoms with van der Waals surface area (Å²) in [5, 5.41) is 5.40. The zero-order chi connectivity index (χ0) is 29.7. The quantitative estimate of drug-likeness (QED) is 0.213. The Bertz CT molecular complexity index is 1460. The van der Waals surface area contributed by atoms with Crippen LogP contribution < -0.4 is 25.8 Å². The van der Waals surface area contributed by atoms with Crippen LogP contribution in [0.15, 0.2) is 109 Å². The molecule has 3 amide bonds. The van der Waals surface area contributed by atoms with Crippen LogP contribution in [0, 0.1) is 0 Å². The average Bonchev–Trinajstić information content (AvgIpc) is 3.00. The van der Waals surface area contributed by atoms with Gasteiger partial charge in [0.05, 0.1) is 0 Å². The van der Waals surface area contributed by atoms with E-state index in [4.69, 9.17) is 15.2 Å². The lowest BCUT2D eigenvalue weighted by Gasteiger charge is -2.22. The maximum atomic E-state index is 13.2. The van der Waals surface area contributed by atoms with Gasteiger partial charge in [-0.05, 0) is 34.4 Å². The van der Waals surface area contributed by atoms with Crippen LogP contribution >= 0.6 is 0 Å². The first-order chi connectivity index (χ1) is 20.4. The van der Waals surface area contributed by atoms with Gasteiger partial charge in [-0.2, -0.15) is 0 Å². The van der Waals surface area contributed by atoms with E-state index in [1.165, 1.54) is 6.92 Å². The van der Waals surface area contributed by atoms with Crippen LogP contribution in [-0.4, -0.2) is 29.8 Å². The van der Waals surface area contributed by atoms with Crippen LogP contribution in [0.5, 0.6) is 11.5 Å². The number of ether oxygens (including phenoxy) is 2. The molecule has 42 heavy (non-hydrogen) atoms. The number of amides is 3. The van der Waals surface area contributed by atoms with E-state index in [1.54, 1.807) is 12.1 Å². The second-order valence-electron chi connectivity index (χ2n) is 9.94. The molecule has 0 aromatic heterocycles. The summed E-state index contributed by atoms with van der Waals surface area (Å²) < 4.78 is 12.2. The fourth-order valence-electron chi connectivity index (χ4n) is 4.42. The maximum Gasteiger partial charge on any atom is 0.243 e. The molecule has 0 saturated heterocycles. The number of hydrogen-bond donors (Lipinski definition) is 3. The van der Waals surface area contributed by atoms with Gasteiger partial charge in [0.1, 0.15) is 25.3 Å². The number of carbonyl (C=O) groups is 3. The van der Waals surface area contributed by atoms with Gasteiger partial charge >= 0.3 is 0 Å². The molecule has 0 bridgehead atoms. The standard InChI is InChI=1S/C34H35N3O5/c1-24(38)36-30(19-25-11-5-2-6-12-25)34(40)37-29(33(35)39)20-28-17-18-31(41-22-26-13-7-3-8-14-26)32(21-28)42-23-27-15-9-4-10-16-27/h2-18,21,29-30H,19-20,22-23H2,1H3,(H2,35,39)(H,36,38)(H,37,40)/t29-,30+/m0/s1. The van der Waals surface area contributed by atoms with Crippen molar-refractivity contribution in [1.29, 1.82) is 0 Å². The second kappa shape index (κ2) is 15.0. The summed E-state index contributed by atoms with van der Waals surface area (Å²) in [7, 11) is 0. The summed E-state index contributed by atoms with van der Waals surface area (Å²) >= 11 is 0. The molecule has 4 aromatic rings. The average molecular weight is 566 g/mol. The molecule has 216 valence electrons. The Balaban J connectivity index is 1.50. The molecular weight excluding hydrogens is 530 g/mol. The van der Waals surface area contributed by atoms with Crippen molar-refractivity contribution in [3.63, 3.8) is 0 Å². The van der Waals surface area contributed by atoms with Crippen LogP contribution in [0.25, 0.3) is 0 Å². The topological polar surface area (TPSA) is 120 Å². The number of nitrogens with one attached hydrogen (secondary N) is 2. The maximum absolute atomic E-state index is 13.2. The fourth-order valence-corrected chi connectivity index (χ4v) is 4.42. The predicted molar refractivity (Wildman–Crippen MR) is 161 cm³/mol. The third-order valence-corrected chi connectivity index (χ3v) is 6.56. The molecule has 0 aliphatic heterocycles. The lowest BCUT2D eigenvalue weighted by Crippen LogP contribution is -2.54. The molecule has 4 rings (SSSR count). The van der Waals surface area contributed by atoms with Crippen molar-refractivity contribution in [2.75, 3.05) is 0 Å². The lowest BCUT2D eigenvalue weighted by molar-refractivity contribution is -0.130. The van der Waals surface area contributed by atoms with Crippen molar-refractivity contribution >= 4 is 17.7 Å². The normalized spacial score (nSPS) is 12.0. The number of hydrogen-bond acceptors (Lipinski definition) is 5. The van der Waals surface area contributed by atoms with E-state index in [0.717, 1.165) is 16.7 Å². The minimum absolute atomic E-state index is 0.125. The van der Waals surface area contributed by atoms with Crippen molar-refractivity contribution in [2.24, 2.45) is 5.73 Å². The lowest BCUT2D eigenvalue weighted by atomic mass is 10.0. The van der Waals surface area contributed by atoms with Crippen LogP contribution in [0.3, 0.4) is 0 Å². The largest absolute Gasteiger partial charge is 0.485 e. The molecule has 0 heterocycles. The molecule has 0 aliphatic carbocycles. The van der Waals surface area contributed by atoms with Gasteiger partial charge < -0.3 is 25.8 Å². The summed E-state index contributed by atoms with van der Waals surface area (Å²) in [4.78, 5) is 37.5. The molecule has 8 nitrogen and oxygen atoms in total. The number of rotatable bonds is 14. The SMILES string of the molecule is CC(=O)N[C@H](Cc1ccccc1)C(=O)N[C@@H](Cc1ccc(OCc2ccccc2)c(OCc2ccccc2)c1)C(N)=O. The molecule has 8 heteroatoms. The third-order valence-electron chi connectivity index (χ3n) is 6.56. The molecule has 0 radical (unpaired) electrons. The van der Waals surface area contributed by atoms with Crippen molar-refractivity contribution in [1.82, 2.24) is 10.6 Å². The molecule has 0 saturated carbocycles. The summed E-state index contributed by atoms with van der Waals surface area (Å²) in [6, 6.07) is 32.4. The second-order valence-corrected chi connectivity index (χ2v) is 9.94. The first-order valence-electron chi connectivity index (χ1n) is 13.7. The molecule has 0 spiro atoms.